The van der Waals surface area contributed by atoms with E-state index in [-0.39, 0.29) is 23.7 Å². The molecule has 0 bridgehead atoms. The number of halogens is 3. The molecule has 3 aromatic rings. The molecular formula is C25H24F3N7O2S. The van der Waals surface area contributed by atoms with E-state index in [0.717, 1.165) is 23.1 Å². The van der Waals surface area contributed by atoms with Crippen LogP contribution in [0.15, 0.2) is 42.0 Å². The van der Waals surface area contributed by atoms with Crippen LogP contribution in [0.4, 0.5) is 30.4 Å². The minimum absolute atomic E-state index is 0.0386. The number of hydrogen-bond acceptors (Lipinski definition) is 8. The van der Waals surface area contributed by atoms with Crippen LogP contribution >= 0.6 is 11.3 Å². The van der Waals surface area contributed by atoms with Gasteiger partial charge in [-0.15, -0.1) is 11.3 Å². The number of rotatable bonds is 4. The number of carbonyl (C=O) groups is 2. The molecule has 0 N–H and O–H groups in total. The number of fused-ring (bicyclic) bond motifs is 1. The molecule has 2 amide bonds. The Morgan fingerprint density at radius 1 is 1.00 bits per heavy atom. The lowest BCUT2D eigenvalue weighted by molar-refractivity contribution is -0.144. The van der Waals surface area contributed by atoms with E-state index in [9.17, 15) is 22.8 Å². The number of anilines is 3. The van der Waals surface area contributed by atoms with Crippen LogP contribution in [0.1, 0.15) is 27.6 Å². The number of benzene rings is 1. The number of nitrogens with zero attached hydrogens (tertiary/aromatic N) is 7. The van der Waals surface area contributed by atoms with Gasteiger partial charge in [0.2, 0.25) is 11.7 Å². The van der Waals surface area contributed by atoms with Gasteiger partial charge >= 0.3 is 6.18 Å². The Morgan fingerprint density at radius 3 is 2.55 bits per heavy atom. The summed E-state index contributed by atoms with van der Waals surface area (Å²) in [4.78, 5) is 44.3. The van der Waals surface area contributed by atoms with Crippen molar-refractivity contribution in [2.45, 2.75) is 25.1 Å². The van der Waals surface area contributed by atoms with Crippen LogP contribution in [0.25, 0.3) is 0 Å². The largest absolute Gasteiger partial charge is 0.451 e. The van der Waals surface area contributed by atoms with Gasteiger partial charge in [-0.25, -0.2) is 15.0 Å². The van der Waals surface area contributed by atoms with Crippen LogP contribution in [0, 0.1) is 0 Å². The number of amides is 2. The fourth-order valence-corrected chi connectivity index (χ4v) is 5.97. The van der Waals surface area contributed by atoms with Crippen molar-refractivity contribution in [1.82, 2.24) is 24.8 Å². The van der Waals surface area contributed by atoms with Crippen molar-refractivity contribution in [1.29, 1.82) is 0 Å². The van der Waals surface area contributed by atoms with E-state index in [1.54, 1.807) is 21.4 Å². The van der Waals surface area contributed by atoms with E-state index in [4.69, 9.17) is 0 Å². The lowest BCUT2D eigenvalue weighted by atomic mass is 10.1. The Bertz CT molecular complexity index is 1360. The van der Waals surface area contributed by atoms with Gasteiger partial charge in [0.15, 0.2) is 5.01 Å². The molecule has 5 heterocycles. The van der Waals surface area contributed by atoms with Crippen molar-refractivity contribution < 1.29 is 22.8 Å². The normalized spacial score (nSPS) is 20.3. The minimum atomic E-state index is -4.61. The van der Waals surface area contributed by atoms with Crippen LogP contribution in [0.3, 0.4) is 0 Å². The highest BCUT2D eigenvalue weighted by molar-refractivity contribution is 7.11. The van der Waals surface area contributed by atoms with E-state index >= 15 is 0 Å². The van der Waals surface area contributed by atoms with Gasteiger partial charge < -0.3 is 14.7 Å². The van der Waals surface area contributed by atoms with Gasteiger partial charge in [0.1, 0.15) is 5.82 Å². The van der Waals surface area contributed by atoms with E-state index in [2.05, 4.69) is 19.9 Å². The van der Waals surface area contributed by atoms with Crippen LogP contribution in [-0.2, 0) is 17.4 Å². The third-order valence-corrected chi connectivity index (χ3v) is 8.04. The van der Waals surface area contributed by atoms with Crippen molar-refractivity contribution in [2.24, 2.45) is 0 Å². The van der Waals surface area contributed by atoms with Crippen LogP contribution in [0.5, 0.6) is 0 Å². The van der Waals surface area contributed by atoms with Crippen LogP contribution < -0.4 is 9.80 Å². The summed E-state index contributed by atoms with van der Waals surface area (Å²) >= 11 is 1.34. The van der Waals surface area contributed by atoms with E-state index in [0.29, 0.717) is 57.1 Å². The second-order valence-corrected chi connectivity index (χ2v) is 10.4. The molecule has 13 heteroatoms. The zero-order chi connectivity index (χ0) is 26.4. The minimum Gasteiger partial charge on any atom is -0.334 e. The number of aromatic nitrogens is 3. The maximum Gasteiger partial charge on any atom is 0.451 e. The van der Waals surface area contributed by atoms with E-state index in [1.807, 2.05) is 23.1 Å². The molecule has 0 saturated carbocycles. The highest BCUT2D eigenvalue weighted by Crippen LogP contribution is 2.38. The quantitative estimate of drug-likeness (QED) is 0.500. The summed E-state index contributed by atoms with van der Waals surface area (Å²) in [7, 11) is 0. The summed E-state index contributed by atoms with van der Waals surface area (Å²) in [6.07, 6.45) is -0.823. The number of carbonyl (C=O) groups excluding carboxylic acids is 2. The molecule has 3 aliphatic heterocycles. The summed E-state index contributed by atoms with van der Waals surface area (Å²) in [6.45, 7) is 3.63. The SMILES string of the molecule is O=C(c1nccs1)N1CCN([C@@H]2CC(=O)N(c3ccc4c(c3)CCN4c3ccnc(C(F)(F)F)n3)C2)CC1. The molecule has 1 aromatic carbocycles. The van der Waals surface area contributed by atoms with Gasteiger partial charge in [0.05, 0.1) is 0 Å². The van der Waals surface area contributed by atoms with E-state index < -0.39 is 12.0 Å². The third-order valence-electron chi connectivity index (χ3n) is 7.28. The third kappa shape index (κ3) is 4.60. The number of alkyl halides is 3. The molecule has 0 radical (unpaired) electrons. The number of thiazole rings is 1. The molecule has 198 valence electrons. The molecule has 0 aliphatic carbocycles. The smallest absolute Gasteiger partial charge is 0.334 e. The van der Waals surface area contributed by atoms with Gasteiger partial charge in [-0.1, -0.05) is 0 Å². The topological polar surface area (TPSA) is 85.8 Å². The van der Waals surface area contributed by atoms with Crippen molar-refractivity contribution in [3.63, 3.8) is 0 Å². The molecule has 1 atom stereocenters. The Morgan fingerprint density at radius 2 is 1.82 bits per heavy atom. The lowest BCUT2D eigenvalue weighted by Crippen LogP contribution is -2.52. The first-order chi connectivity index (χ1) is 18.3. The lowest BCUT2D eigenvalue weighted by Gasteiger charge is -2.37. The summed E-state index contributed by atoms with van der Waals surface area (Å²) in [5.74, 6) is -0.977. The number of piperazine rings is 1. The standard InChI is InChI=1S/C25H24F3N7O2S/c26-25(27,28)24-30-5-3-20(31-24)34-7-4-16-13-17(1-2-19(16)34)35-15-18(14-21(35)36)32-8-10-33(11-9-32)23(37)22-29-6-12-38-22/h1-3,5-6,12-13,18H,4,7-11,14-15H2/t18-/m1/s1. The molecular weight excluding hydrogens is 519 g/mol. The van der Waals surface area contributed by atoms with Gasteiger partial charge in [-0.05, 0) is 36.2 Å². The average molecular weight is 544 g/mol. The number of hydrogen-bond donors (Lipinski definition) is 0. The summed E-state index contributed by atoms with van der Waals surface area (Å²) in [5.41, 5.74) is 2.53. The molecule has 38 heavy (non-hydrogen) atoms. The zero-order valence-electron chi connectivity index (χ0n) is 20.3. The van der Waals surface area contributed by atoms with Crippen molar-refractivity contribution in [3.05, 3.63) is 58.4 Å². The van der Waals surface area contributed by atoms with E-state index in [1.165, 1.54) is 17.4 Å². The molecule has 2 saturated heterocycles. The molecule has 2 fully saturated rings. The maximum atomic E-state index is 13.1. The molecule has 9 nitrogen and oxygen atoms in total. The Balaban J connectivity index is 1.12. The van der Waals surface area contributed by atoms with Crippen molar-refractivity contribution in [3.8, 4) is 0 Å². The summed E-state index contributed by atoms with van der Waals surface area (Å²) in [5, 5.41) is 2.29. The van der Waals surface area contributed by atoms with Gasteiger partial charge in [0, 0.05) is 80.9 Å². The molecule has 3 aliphatic rings. The van der Waals surface area contributed by atoms with Gasteiger partial charge in [-0.2, -0.15) is 13.2 Å². The summed E-state index contributed by atoms with van der Waals surface area (Å²) < 4.78 is 39.3. The predicted octanol–water partition coefficient (Wildman–Crippen LogP) is 3.21. The first kappa shape index (κ1) is 24.7. The predicted molar refractivity (Wildman–Crippen MR) is 135 cm³/mol. The fourth-order valence-electron chi connectivity index (χ4n) is 5.37. The van der Waals surface area contributed by atoms with Gasteiger partial charge in [0.25, 0.3) is 5.91 Å². The highest BCUT2D eigenvalue weighted by Gasteiger charge is 2.38. The van der Waals surface area contributed by atoms with Gasteiger partial charge in [-0.3, -0.25) is 14.5 Å². The molecule has 6 rings (SSSR count). The average Bonchev–Trinajstić information content (AvgIpc) is 3.68. The second kappa shape index (κ2) is 9.62. The first-order valence-electron chi connectivity index (χ1n) is 12.3. The molecule has 0 spiro atoms. The highest BCUT2D eigenvalue weighted by atomic mass is 32.1. The second-order valence-electron chi connectivity index (χ2n) is 9.48. The maximum absolute atomic E-state index is 13.1. The Labute approximate surface area is 220 Å². The first-order valence-corrected chi connectivity index (χ1v) is 13.2. The van der Waals surface area contributed by atoms with Crippen LogP contribution in [-0.4, -0.2) is 81.9 Å². The summed E-state index contributed by atoms with van der Waals surface area (Å²) in [6, 6.07) is 7.17. The molecule has 0 unspecified atom stereocenters. The van der Waals surface area contributed by atoms with Crippen molar-refractivity contribution in [2.75, 3.05) is 49.1 Å². The van der Waals surface area contributed by atoms with Crippen molar-refractivity contribution >= 4 is 40.3 Å². The van der Waals surface area contributed by atoms with Crippen LogP contribution in [0.2, 0.25) is 0 Å². The Hall–Kier alpha value is -3.58. The Kier molecular flexibility index (Phi) is 6.26. The monoisotopic (exact) mass is 543 g/mol. The fraction of sp³-hybridized carbons (Fsp3) is 0.400. The molecule has 2 aromatic heterocycles. The zero-order valence-corrected chi connectivity index (χ0v) is 21.1.